The molecule has 0 fully saturated rings. The smallest absolute Gasteiger partial charge is 0.147 e. The van der Waals surface area contributed by atoms with Crippen molar-refractivity contribution in [2.24, 2.45) is 0 Å². The zero-order valence-electron chi connectivity index (χ0n) is 8.93. The average Bonchev–Trinajstić information content (AvgIpc) is 2.73. The Morgan fingerprint density at radius 3 is 3.20 bits per heavy atom. The van der Waals surface area contributed by atoms with Crippen LogP contribution in [0.15, 0.2) is 6.33 Å². The minimum atomic E-state index is 0.138. The first-order valence-electron chi connectivity index (χ1n) is 5.20. The molecule has 15 heavy (non-hydrogen) atoms. The van der Waals surface area contributed by atoms with Gasteiger partial charge in [-0.05, 0) is 7.05 Å². The van der Waals surface area contributed by atoms with E-state index >= 15 is 0 Å². The minimum Gasteiger partial charge on any atom is -0.395 e. The number of hydrogen-bond acceptors (Lipinski definition) is 5. The predicted molar refractivity (Wildman–Crippen MR) is 55.2 cm³/mol. The van der Waals surface area contributed by atoms with E-state index in [1.165, 1.54) is 0 Å². The normalized spacial score (nSPS) is 18.8. The first kappa shape index (κ1) is 10.5. The maximum atomic E-state index is 9.09. The summed E-state index contributed by atoms with van der Waals surface area (Å²) in [6.45, 7) is 3.76. The second kappa shape index (κ2) is 4.69. The van der Waals surface area contributed by atoms with Crippen molar-refractivity contribution in [1.82, 2.24) is 25.0 Å². The van der Waals surface area contributed by atoms with Crippen LogP contribution in [-0.4, -0.2) is 57.6 Å². The predicted octanol–water partition coefficient (Wildman–Crippen LogP) is -1.33. The van der Waals surface area contributed by atoms with E-state index in [1.54, 1.807) is 6.33 Å². The van der Waals surface area contributed by atoms with Gasteiger partial charge in [0.25, 0.3) is 0 Å². The molecule has 2 rings (SSSR count). The van der Waals surface area contributed by atoms with Gasteiger partial charge in [-0.25, -0.2) is 0 Å². The van der Waals surface area contributed by atoms with Gasteiger partial charge in [-0.15, -0.1) is 10.2 Å². The molecule has 2 heterocycles. The highest BCUT2D eigenvalue weighted by Gasteiger charge is 2.19. The topological polar surface area (TPSA) is 66.2 Å². The summed E-state index contributed by atoms with van der Waals surface area (Å²) in [4.78, 5) is 2.28. The summed E-state index contributed by atoms with van der Waals surface area (Å²) in [6, 6.07) is 0.138. The van der Waals surface area contributed by atoms with Gasteiger partial charge in [-0.3, -0.25) is 4.90 Å². The first-order valence-corrected chi connectivity index (χ1v) is 5.20. The molecule has 2 N–H and O–H groups in total. The van der Waals surface area contributed by atoms with Crippen LogP contribution in [0.2, 0.25) is 0 Å². The molecule has 1 aromatic heterocycles. The van der Waals surface area contributed by atoms with Crippen LogP contribution >= 0.6 is 0 Å². The van der Waals surface area contributed by atoms with E-state index < -0.39 is 0 Å². The molecular formula is C9H17N5O. The van der Waals surface area contributed by atoms with Crippen molar-refractivity contribution in [3.63, 3.8) is 0 Å². The van der Waals surface area contributed by atoms with Gasteiger partial charge in [0, 0.05) is 25.7 Å². The molecule has 0 aromatic carbocycles. The van der Waals surface area contributed by atoms with Crippen LogP contribution in [-0.2, 0) is 13.1 Å². The maximum Gasteiger partial charge on any atom is 0.147 e. The highest BCUT2D eigenvalue weighted by atomic mass is 16.3. The van der Waals surface area contributed by atoms with Crippen LogP contribution in [0.3, 0.4) is 0 Å². The van der Waals surface area contributed by atoms with Crippen molar-refractivity contribution >= 4 is 0 Å². The van der Waals surface area contributed by atoms with Crippen molar-refractivity contribution in [2.75, 3.05) is 26.7 Å². The number of fused-ring (bicyclic) bond motifs is 1. The Morgan fingerprint density at radius 2 is 2.47 bits per heavy atom. The lowest BCUT2D eigenvalue weighted by Crippen LogP contribution is -2.44. The lowest BCUT2D eigenvalue weighted by atomic mass is 10.2. The third-order valence-corrected chi connectivity index (χ3v) is 2.83. The first-order chi connectivity index (χ1) is 7.33. The third-order valence-electron chi connectivity index (χ3n) is 2.83. The maximum absolute atomic E-state index is 9.09. The zero-order chi connectivity index (χ0) is 10.7. The molecule has 0 saturated carbocycles. The molecule has 0 saturated heterocycles. The Kier molecular flexibility index (Phi) is 3.30. The van der Waals surface area contributed by atoms with E-state index in [0.717, 1.165) is 32.0 Å². The van der Waals surface area contributed by atoms with Crippen molar-refractivity contribution in [3.05, 3.63) is 12.2 Å². The van der Waals surface area contributed by atoms with E-state index in [-0.39, 0.29) is 12.6 Å². The molecule has 0 spiro atoms. The van der Waals surface area contributed by atoms with Crippen LogP contribution in [0.25, 0.3) is 0 Å². The largest absolute Gasteiger partial charge is 0.395 e. The molecule has 1 aromatic rings. The molecule has 1 unspecified atom stereocenters. The Morgan fingerprint density at radius 1 is 1.60 bits per heavy atom. The Hall–Kier alpha value is -0.980. The molecule has 84 valence electrons. The van der Waals surface area contributed by atoms with E-state index in [0.29, 0.717) is 0 Å². The van der Waals surface area contributed by atoms with Crippen LogP contribution in [0, 0.1) is 0 Å². The van der Waals surface area contributed by atoms with E-state index in [9.17, 15) is 0 Å². The SMILES string of the molecule is CNC(CO)CN1CCn2cnnc2C1. The number of aliphatic hydroxyl groups excluding tert-OH is 1. The van der Waals surface area contributed by atoms with E-state index in [1.807, 2.05) is 7.05 Å². The van der Waals surface area contributed by atoms with Crippen LogP contribution < -0.4 is 5.32 Å². The van der Waals surface area contributed by atoms with Gasteiger partial charge in [-0.1, -0.05) is 0 Å². The van der Waals surface area contributed by atoms with Crippen LogP contribution in [0.4, 0.5) is 0 Å². The lowest BCUT2D eigenvalue weighted by Gasteiger charge is -2.29. The van der Waals surface area contributed by atoms with Gasteiger partial charge in [0.15, 0.2) is 0 Å². The second-order valence-corrected chi connectivity index (χ2v) is 3.84. The standard InChI is InChI=1S/C9H17N5O/c1-10-8(6-15)4-13-2-3-14-7-11-12-9(14)5-13/h7-8,10,15H,2-6H2,1H3. The summed E-state index contributed by atoms with van der Waals surface area (Å²) in [5.74, 6) is 1.01. The highest BCUT2D eigenvalue weighted by Crippen LogP contribution is 2.08. The quantitative estimate of drug-likeness (QED) is 0.646. The molecule has 6 nitrogen and oxygen atoms in total. The molecular weight excluding hydrogens is 194 g/mol. The Balaban J connectivity index is 1.92. The van der Waals surface area contributed by atoms with Gasteiger partial charge in [0.05, 0.1) is 13.2 Å². The molecule has 0 amide bonds. The number of aromatic nitrogens is 3. The molecule has 0 bridgehead atoms. The fourth-order valence-electron chi connectivity index (χ4n) is 1.82. The second-order valence-electron chi connectivity index (χ2n) is 3.84. The van der Waals surface area contributed by atoms with Crippen molar-refractivity contribution in [2.45, 2.75) is 19.1 Å². The summed E-state index contributed by atoms with van der Waals surface area (Å²) in [5.41, 5.74) is 0. The molecule has 1 aliphatic heterocycles. The molecule has 0 aliphatic carbocycles. The van der Waals surface area contributed by atoms with Crippen molar-refractivity contribution < 1.29 is 5.11 Å². The average molecular weight is 211 g/mol. The highest BCUT2D eigenvalue weighted by molar-refractivity contribution is 4.90. The summed E-state index contributed by atoms with van der Waals surface area (Å²) < 4.78 is 2.07. The van der Waals surface area contributed by atoms with E-state index in [4.69, 9.17) is 5.11 Å². The molecule has 1 atom stereocenters. The van der Waals surface area contributed by atoms with Crippen LogP contribution in [0.5, 0.6) is 0 Å². The van der Waals surface area contributed by atoms with Gasteiger partial charge >= 0.3 is 0 Å². The number of likely N-dealkylation sites (N-methyl/N-ethyl adjacent to an activating group) is 1. The minimum absolute atomic E-state index is 0.138. The number of nitrogens with one attached hydrogen (secondary N) is 1. The van der Waals surface area contributed by atoms with Gasteiger partial charge in [0.2, 0.25) is 0 Å². The summed E-state index contributed by atoms with van der Waals surface area (Å²) in [5, 5.41) is 20.1. The lowest BCUT2D eigenvalue weighted by molar-refractivity contribution is 0.160. The van der Waals surface area contributed by atoms with Gasteiger partial charge < -0.3 is 15.0 Å². The fourth-order valence-corrected chi connectivity index (χ4v) is 1.82. The number of hydrogen-bond donors (Lipinski definition) is 2. The van der Waals surface area contributed by atoms with Crippen LogP contribution in [0.1, 0.15) is 5.82 Å². The fraction of sp³-hybridized carbons (Fsp3) is 0.778. The van der Waals surface area contributed by atoms with E-state index in [2.05, 4.69) is 25.0 Å². The Bertz CT molecular complexity index is 309. The van der Waals surface area contributed by atoms with Gasteiger partial charge in [0.1, 0.15) is 12.2 Å². The van der Waals surface area contributed by atoms with Crippen molar-refractivity contribution in [1.29, 1.82) is 0 Å². The summed E-state index contributed by atoms with van der Waals surface area (Å²) >= 11 is 0. The molecule has 1 aliphatic rings. The monoisotopic (exact) mass is 211 g/mol. The summed E-state index contributed by atoms with van der Waals surface area (Å²) in [6.07, 6.45) is 1.77. The molecule has 0 radical (unpaired) electrons. The van der Waals surface area contributed by atoms with Crippen molar-refractivity contribution in [3.8, 4) is 0 Å². The van der Waals surface area contributed by atoms with Gasteiger partial charge in [-0.2, -0.15) is 0 Å². The molecule has 6 heteroatoms. The number of rotatable bonds is 4. The number of nitrogens with zero attached hydrogens (tertiary/aromatic N) is 4. The summed E-state index contributed by atoms with van der Waals surface area (Å²) in [7, 11) is 1.87. The zero-order valence-corrected chi connectivity index (χ0v) is 8.93. The Labute approximate surface area is 88.9 Å². The third kappa shape index (κ3) is 2.34. The number of aliphatic hydroxyl groups is 1.